The average molecular weight is 567 g/mol. The lowest BCUT2D eigenvalue weighted by Gasteiger charge is -2.12. The monoisotopic (exact) mass is 566 g/mol. The van der Waals surface area contributed by atoms with Gasteiger partial charge in [-0.1, -0.05) is 17.7 Å². The molecule has 1 aliphatic heterocycles. The summed E-state index contributed by atoms with van der Waals surface area (Å²) < 4.78 is 7.67. The van der Waals surface area contributed by atoms with Gasteiger partial charge in [-0.3, -0.25) is 19.7 Å². The van der Waals surface area contributed by atoms with Crippen LogP contribution in [0.15, 0.2) is 78.6 Å². The highest BCUT2D eigenvalue weighted by molar-refractivity contribution is 6.16. The Hall–Kier alpha value is -5.78. The Labute approximate surface area is 240 Å². The number of rotatable bonds is 8. The zero-order valence-electron chi connectivity index (χ0n) is 23.0. The maximum absolute atomic E-state index is 13.0. The van der Waals surface area contributed by atoms with E-state index >= 15 is 0 Å². The van der Waals surface area contributed by atoms with Crippen LogP contribution in [0.3, 0.4) is 0 Å². The van der Waals surface area contributed by atoms with Crippen LogP contribution in [0.4, 0.5) is 16.2 Å². The highest BCUT2D eigenvalue weighted by Crippen LogP contribution is 2.27. The van der Waals surface area contributed by atoms with Crippen molar-refractivity contribution in [3.8, 4) is 17.3 Å². The first-order valence-corrected chi connectivity index (χ1v) is 12.9. The van der Waals surface area contributed by atoms with Gasteiger partial charge in [0.15, 0.2) is 0 Å². The van der Waals surface area contributed by atoms with E-state index in [1.807, 2.05) is 55.7 Å². The molecular weight excluding hydrogens is 540 g/mol. The lowest BCUT2D eigenvalue weighted by atomic mass is 10.2. The number of amides is 4. The molecule has 2 aromatic heterocycles. The predicted octanol–water partition coefficient (Wildman–Crippen LogP) is 5.03. The van der Waals surface area contributed by atoms with Gasteiger partial charge in [0.25, 0.3) is 11.6 Å². The zero-order chi connectivity index (χ0) is 30.0. The quantitative estimate of drug-likeness (QED) is 0.131. The first kappa shape index (κ1) is 27.8. The minimum Gasteiger partial charge on any atom is -0.439 e. The van der Waals surface area contributed by atoms with Crippen molar-refractivity contribution in [2.45, 2.75) is 20.8 Å². The molecular formula is C30H26N6O6. The second-order valence-electron chi connectivity index (χ2n) is 9.66. The van der Waals surface area contributed by atoms with Gasteiger partial charge in [0.05, 0.1) is 4.92 Å². The number of pyridine rings is 1. The van der Waals surface area contributed by atoms with Crippen molar-refractivity contribution in [3.63, 3.8) is 0 Å². The van der Waals surface area contributed by atoms with E-state index in [0.717, 1.165) is 39.3 Å². The van der Waals surface area contributed by atoms with E-state index in [1.165, 1.54) is 12.1 Å². The number of nitrogens with one attached hydrogen (secondary N) is 2. The molecule has 3 heterocycles. The van der Waals surface area contributed by atoms with Crippen LogP contribution in [0.1, 0.15) is 22.5 Å². The molecule has 0 bridgehead atoms. The summed E-state index contributed by atoms with van der Waals surface area (Å²) in [5.74, 6) is -0.361. The van der Waals surface area contributed by atoms with Crippen LogP contribution in [0.2, 0.25) is 0 Å². The molecule has 0 unspecified atom stereocenters. The van der Waals surface area contributed by atoms with Crippen molar-refractivity contribution < 1.29 is 24.0 Å². The van der Waals surface area contributed by atoms with Gasteiger partial charge >= 0.3 is 6.03 Å². The third kappa shape index (κ3) is 5.87. The fraction of sp³-hybridized carbons (Fsp3) is 0.133. The number of nitrogens with zero attached hydrogens (tertiary/aromatic N) is 4. The zero-order valence-corrected chi connectivity index (χ0v) is 23.0. The molecule has 0 aliphatic carbocycles. The Morgan fingerprint density at radius 1 is 1.05 bits per heavy atom. The summed E-state index contributed by atoms with van der Waals surface area (Å²) in [5, 5.41) is 16.1. The van der Waals surface area contributed by atoms with Crippen molar-refractivity contribution in [1.29, 1.82) is 0 Å². The lowest BCUT2D eigenvalue weighted by Crippen LogP contribution is -2.38. The maximum Gasteiger partial charge on any atom is 0.329 e. The number of hydrogen-bond acceptors (Lipinski definition) is 7. The highest BCUT2D eigenvalue weighted by atomic mass is 16.6. The topological polar surface area (TPSA) is 149 Å². The summed E-state index contributed by atoms with van der Waals surface area (Å²) in [4.78, 5) is 53.1. The second kappa shape index (κ2) is 11.4. The molecule has 12 heteroatoms. The van der Waals surface area contributed by atoms with Crippen LogP contribution in [0.25, 0.3) is 11.8 Å². The van der Waals surface area contributed by atoms with Crippen LogP contribution >= 0.6 is 0 Å². The maximum atomic E-state index is 13.0. The smallest absolute Gasteiger partial charge is 0.329 e. The normalized spacial score (nSPS) is 13.8. The van der Waals surface area contributed by atoms with Crippen LogP contribution in [-0.2, 0) is 9.59 Å². The number of anilines is 1. The standard InChI is InChI=1S/C30H26N6O6/c1-18-4-6-22(7-5-18)32-27(37)17-34-29(38)26(33-30(34)39)15-21-14-19(2)35(20(21)3)23-8-11-25(12-9-23)42-28-13-10-24(16-31-28)36(40)41/h4-16H,17H2,1-3H3,(H,32,37)(H,33,39)/b26-15+. The number of aromatic nitrogens is 2. The fourth-order valence-corrected chi connectivity index (χ4v) is 4.51. The number of hydrogen-bond donors (Lipinski definition) is 2. The van der Waals surface area contributed by atoms with E-state index in [-0.39, 0.29) is 17.3 Å². The number of carbonyl (C=O) groups is 3. The number of carbonyl (C=O) groups excluding carboxylic acids is 3. The Balaban J connectivity index is 1.28. The minimum absolute atomic E-state index is 0.0720. The average Bonchev–Trinajstić information content (AvgIpc) is 3.39. The number of aryl methyl sites for hydroxylation is 2. The molecule has 0 radical (unpaired) electrons. The Bertz CT molecular complexity index is 1720. The molecule has 212 valence electrons. The van der Waals surface area contributed by atoms with Gasteiger partial charge in [-0.15, -0.1) is 0 Å². The predicted molar refractivity (Wildman–Crippen MR) is 154 cm³/mol. The number of benzene rings is 2. The molecule has 4 amide bonds. The van der Waals surface area contributed by atoms with Gasteiger partial charge in [-0.2, -0.15) is 0 Å². The van der Waals surface area contributed by atoms with Crippen molar-refractivity contribution in [1.82, 2.24) is 19.8 Å². The molecule has 12 nitrogen and oxygen atoms in total. The fourth-order valence-electron chi connectivity index (χ4n) is 4.51. The molecule has 0 spiro atoms. The summed E-state index contributed by atoms with van der Waals surface area (Å²) in [6.45, 7) is 5.31. The van der Waals surface area contributed by atoms with E-state index in [1.54, 1.807) is 30.3 Å². The van der Waals surface area contributed by atoms with Crippen LogP contribution in [0.5, 0.6) is 11.6 Å². The summed E-state index contributed by atoms with van der Waals surface area (Å²) in [5.41, 5.74) is 4.81. The van der Waals surface area contributed by atoms with Crippen molar-refractivity contribution >= 4 is 35.3 Å². The summed E-state index contributed by atoms with van der Waals surface area (Å²) in [7, 11) is 0. The summed E-state index contributed by atoms with van der Waals surface area (Å²) >= 11 is 0. The third-order valence-electron chi connectivity index (χ3n) is 6.62. The lowest BCUT2D eigenvalue weighted by molar-refractivity contribution is -0.385. The van der Waals surface area contributed by atoms with Gasteiger partial charge in [0, 0.05) is 34.9 Å². The van der Waals surface area contributed by atoms with E-state index < -0.39 is 29.3 Å². The second-order valence-corrected chi connectivity index (χ2v) is 9.66. The van der Waals surface area contributed by atoms with Crippen molar-refractivity contribution in [2.75, 3.05) is 11.9 Å². The largest absolute Gasteiger partial charge is 0.439 e. The summed E-state index contributed by atoms with van der Waals surface area (Å²) in [6.07, 6.45) is 2.72. The van der Waals surface area contributed by atoms with Crippen LogP contribution < -0.4 is 15.4 Å². The Morgan fingerprint density at radius 2 is 1.76 bits per heavy atom. The molecule has 2 aromatic carbocycles. The van der Waals surface area contributed by atoms with E-state index in [0.29, 0.717) is 11.4 Å². The highest BCUT2D eigenvalue weighted by Gasteiger charge is 2.35. The Morgan fingerprint density at radius 3 is 2.40 bits per heavy atom. The van der Waals surface area contributed by atoms with Gasteiger partial charge in [-0.05, 0) is 74.9 Å². The molecule has 42 heavy (non-hydrogen) atoms. The molecule has 5 rings (SSSR count). The first-order chi connectivity index (χ1) is 20.1. The van der Waals surface area contributed by atoms with Gasteiger partial charge in [-0.25, -0.2) is 14.7 Å². The molecule has 2 N–H and O–H groups in total. The summed E-state index contributed by atoms with van der Waals surface area (Å²) in [6, 6.07) is 18.3. The number of nitro groups is 1. The van der Waals surface area contributed by atoms with Crippen LogP contribution in [-0.4, -0.2) is 43.8 Å². The van der Waals surface area contributed by atoms with Gasteiger partial charge < -0.3 is 19.9 Å². The Kier molecular flexibility index (Phi) is 7.52. The van der Waals surface area contributed by atoms with Gasteiger partial charge in [0.2, 0.25) is 11.8 Å². The number of imide groups is 1. The molecule has 0 atom stereocenters. The molecule has 1 fully saturated rings. The van der Waals surface area contributed by atoms with E-state index in [9.17, 15) is 24.5 Å². The SMILES string of the molecule is Cc1ccc(NC(=O)CN2C(=O)N/C(=C/c3cc(C)n(-c4ccc(Oc5ccc([N+](=O)[O-])cn5)cc4)c3C)C2=O)cc1. The number of urea groups is 1. The minimum atomic E-state index is -0.669. The first-order valence-electron chi connectivity index (χ1n) is 12.9. The molecule has 1 saturated heterocycles. The van der Waals surface area contributed by atoms with E-state index in [4.69, 9.17) is 4.74 Å². The van der Waals surface area contributed by atoms with Crippen LogP contribution in [0, 0.1) is 30.9 Å². The van der Waals surface area contributed by atoms with Crippen molar-refractivity contribution in [2.24, 2.45) is 0 Å². The molecule has 4 aromatic rings. The molecule has 0 saturated carbocycles. The molecule has 1 aliphatic rings. The number of ether oxygens (including phenoxy) is 1. The van der Waals surface area contributed by atoms with E-state index in [2.05, 4.69) is 15.6 Å². The third-order valence-corrected chi connectivity index (χ3v) is 6.62. The van der Waals surface area contributed by atoms with Gasteiger partial charge in [0.1, 0.15) is 24.2 Å². The van der Waals surface area contributed by atoms with Crippen molar-refractivity contribution in [3.05, 3.63) is 111 Å².